The van der Waals surface area contributed by atoms with E-state index in [-0.39, 0.29) is 24.2 Å². The maximum absolute atomic E-state index is 13.6. The number of hydrogen-bond acceptors (Lipinski definition) is 5. The molecule has 8 nitrogen and oxygen atoms in total. The van der Waals surface area contributed by atoms with Gasteiger partial charge in [0.25, 0.3) is 0 Å². The van der Waals surface area contributed by atoms with Crippen LogP contribution in [0.2, 0.25) is 10.0 Å². The fourth-order valence-electron chi connectivity index (χ4n) is 3.28. The van der Waals surface area contributed by atoms with E-state index < -0.39 is 28.5 Å². The highest BCUT2D eigenvalue weighted by Gasteiger charge is 2.31. The number of nitrogens with zero attached hydrogens (tertiary/aromatic N) is 2. The molecule has 0 saturated heterocycles. The molecule has 1 N–H and O–H groups in total. The average molecular weight is 545 g/mol. The number of sulfonamides is 1. The summed E-state index contributed by atoms with van der Waals surface area (Å²) >= 11 is 12.7. The number of benzene rings is 2. The number of carbonyl (C=O) groups is 2. The second-order valence-corrected chi connectivity index (χ2v) is 10.9. The Morgan fingerprint density at radius 3 is 2.23 bits per heavy atom. The third kappa shape index (κ3) is 7.75. The van der Waals surface area contributed by atoms with Gasteiger partial charge in [-0.25, -0.2) is 8.42 Å². The monoisotopic (exact) mass is 543 g/mol. The number of halogens is 2. The van der Waals surface area contributed by atoms with Gasteiger partial charge in [0.05, 0.1) is 19.1 Å². The Balaban J connectivity index is 2.46. The Kier molecular flexibility index (Phi) is 10.2. The van der Waals surface area contributed by atoms with Crippen LogP contribution in [-0.2, 0) is 26.2 Å². The maximum Gasteiger partial charge on any atom is 0.244 e. The predicted octanol–water partition coefficient (Wildman–Crippen LogP) is 4.10. The molecule has 2 atom stereocenters. The van der Waals surface area contributed by atoms with Gasteiger partial charge in [0.2, 0.25) is 21.8 Å². The lowest BCUT2D eigenvalue weighted by atomic mass is 10.1. The van der Waals surface area contributed by atoms with Crippen molar-refractivity contribution in [3.8, 4) is 5.75 Å². The van der Waals surface area contributed by atoms with Crippen LogP contribution < -0.4 is 14.4 Å². The second kappa shape index (κ2) is 12.5. The molecule has 0 aliphatic heterocycles. The number of amides is 2. The Hall–Kier alpha value is -2.49. The Morgan fingerprint density at radius 1 is 1.09 bits per heavy atom. The van der Waals surface area contributed by atoms with Crippen molar-refractivity contribution in [2.45, 2.75) is 45.8 Å². The van der Waals surface area contributed by atoms with E-state index in [2.05, 4.69) is 5.32 Å². The van der Waals surface area contributed by atoms with E-state index in [1.54, 1.807) is 43.3 Å². The van der Waals surface area contributed by atoms with Crippen LogP contribution in [0.4, 0.5) is 5.69 Å². The minimum absolute atomic E-state index is 0.0812. The van der Waals surface area contributed by atoms with Crippen LogP contribution >= 0.6 is 23.2 Å². The number of methoxy groups -OCH3 is 1. The molecule has 2 amide bonds. The minimum atomic E-state index is -3.85. The van der Waals surface area contributed by atoms with Crippen molar-refractivity contribution in [1.82, 2.24) is 10.2 Å². The highest BCUT2D eigenvalue weighted by molar-refractivity contribution is 7.92. The molecule has 0 fully saturated rings. The number of anilines is 1. The number of carbonyl (C=O) groups excluding carboxylic acids is 2. The van der Waals surface area contributed by atoms with Crippen LogP contribution in [0.1, 0.15) is 32.8 Å². The van der Waals surface area contributed by atoms with E-state index in [0.717, 1.165) is 10.6 Å². The predicted molar refractivity (Wildman–Crippen MR) is 140 cm³/mol. The zero-order chi connectivity index (χ0) is 26.3. The summed E-state index contributed by atoms with van der Waals surface area (Å²) in [4.78, 5) is 27.8. The van der Waals surface area contributed by atoms with E-state index in [0.29, 0.717) is 27.8 Å². The highest BCUT2D eigenvalue weighted by atomic mass is 35.5. The third-order valence-electron chi connectivity index (χ3n) is 5.58. The van der Waals surface area contributed by atoms with E-state index >= 15 is 0 Å². The normalized spacial score (nSPS) is 13.0. The zero-order valence-corrected chi connectivity index (χ0v) is 22.7. The molecule has 0 aliphatic carbocycles. The molecule has 0 spiro atoms. The van der Waals surface area contributed by atoms with Crippen molar-refractivity contribution in [2.75, 3.05) is 24.2 Å². The SMILES string of the molecule is CC[C@H](C)NC(=O)[C@@H](C)N(Cc1c(Cl)cccc1Cl)C(=O)CN(c1cccc(OC)c1)S(C)(=O)=O. The van der Waals surface area contributed by atoms with Crippen molar-refractivity contribution in [3.63, 3.8) is 0 Å². The summed E-state index contributed by atoms with van der Waals surface area (Å²) in [7, 11) is -2.39. The molecular weight excluding hydrogens is 513 g/mol. The van der Waals surface area contributed by atoms with Crippen molar-refractivity contribution in [2.24, 2.45) is 0 Å². The van der Waals surface area contributed by atoms with Crippen LogP contribution in [0.25, 0.3) is 0 Å². The molecule has 0 aliphatic rings. The van der Waals surface area contributed by atoms with Gasteiger partial charge in [-0.15, -0.1) is 0 Å². The van der Waals surface area contributed by atoms with Crippen molar-refractivity contribution in [3.05, 3.63) is 58.1 Å². The molecule has 2 rings (SSSR count). The Labute approximate surface area is 217 Å². The van der Waals surface area contributed by atoms with Crippen molar-refractivity contribution < 1.29 is 22.7 Å². The van der Waals surface area contributed by atoms with Crippen LogP contribution in [-0.4, -0.2) is 57.1 Å². The van der Waals surface area contributed by atoms with Gasteiger partial charge in [0, 0.05) is 34.3 Å². The summed E-state index contributed by atoms with van der Waals surface area (Å²) in [5, 5.41) is 3.53. The Morgan fingerprint density at radius 2 is 1.69 bits per heavy atom. The van der Waals surface area contributed by atoms with Gasteiger partial charge in [-0.05, 0) is 44.5 Å². The molecule has 2 aromatic rings. The van der Waals surface area contributed by atoms with Crippen molar-refractivity contribution in [1.29, 1.82) is 0 Å². The molecule has 11 heteroatoms. The molecule has 192 valence electrons. The van der Waals surface area contributed by atoms with E-state index in [9.17, 15) is 18.0 Å². The van der Waals surface area contributed by atoms with Crippen LogP contribution in [0.5, 0.6) is 5.75 Å². The fourth-order valence-corrected chi connectivity index (χ4v) is 4.64. The molecule has 0 bridgehead atoms. The van der Waals surface area contributed by atoms with Gasteiger partial charge in [0.1, 0.15) is 18.3 Å². The first-order valence-corrected chi connectivity index (χ1v) is 13.6. The first-order valence-electron chi connectivity index (χ1n) is 11.0. The molecule has 0 aromatic heterocycles. The summed E-state index contributed by atoms with van der Waals surface area (Å²) in [6.45, 7) is 4.75. The quantitative estimate of drug-likeness (QED) is 0.460. The van der Waals surface area contributed by atoms with Gasteiger partial charge in [-0.1, -0.05) is 42.3 Å². The molecular formula is C24H31Cl2N3O5S. The molecule has 2 aromatic carbocycles. The lowest BCUT2D eigenvalue weighted by molar-refractivity contribution is -0.139. The molecule has 0 saturated carbocycles. The van der Waals surface area contributed by atoms with E-state index in [1.165, 1.54) is 18.1 Å². The summed E-state index contributed by atoms with van der Waals surface area (Å²) in [5.41, 5.74) is 0.715. The Bertz CT molecular complexity index is 1140. The standard InChI is InChI=1S/C24H31Cl2N3O5S/c1-6-16(2)27-24(31)17(3)28(14-20-21(25)11-8-12-22(20)26)23(30)15-29(35(5,32)33)18-9-7-10-19(13-18)34-4/h7-13,16-17H,6,14-15H2,1-5H3,(H,27,31)/t16-,17+/m0/s1. The summed E-state index contributed by atoms with van der Waals surface area (Å²) in [6, 6.07) is 10.3. The smallest absolute Gasteiger partial charge is 0.244 e. The number of ether oxygens (including phenoxy) is 1. The third-order valence-corrected chi connectivity index (χ3v) is 7.43. The van der Waals surface area contributed by atoms with Gasteiger partial charge in [-0.3, -0.25) is 13.9 Å². The molecule has 0 heterocycles. The van der Waals surface area contributed by atoms with Gasteiger partial charge in [-0.2, -0.15) is 0 Å². The van der Waals surface area contributed by atoms with E-state index in [4.69, 9.17) is 27.9 Å². The largest absolute Gasteiger partial charge is 0.497 e. The number of rotatable bonds is 11. The first-order chi connectivity index (χ1) is 16.4. The summed E-state index contributed by atoms with van der Waals surface area (Å²) in [5.74, 6) is -0.534. The number of hydrogen-bond donors (Lipinski definition) is 1. The number of nitrogens with one attached hydrogen (secondary N) is 1. The van der Waals surface area contributed by atoms with Crippen LogP contribution in [0.3, 0.4) is 0 Å². The zero-order valence-electron chi connectivity index (χ0n) is 20.4. The topological polar surface area (TPSA) is 96.0 Å². The average Bonchev–Trinajstić information content (AvgIpc) is 2.80. The lowest BCUT2D eigenvalue weighted by Gasteiger charge is -2.32. The summed E-state index contributed by atoms with van der Waals surface area (Å²) in [6.07, 6.45) is 1.72. The summed E-state index contributed by atoms with van der Waals surface area (Å²) < 4.78 is 31.4. The first kappa shape index (κ1) is 28.7. The second-order valence-electron chi connectivity index (χ2n) is 8.19. The molecule has 0 radical (unpaired) electrons. The molecule has 35 heavy (non-hydrogen) atoms. The maximum atomic E-state index is 13.6. The van der Waals surface area contributed by atoms with Gasteiger partial charge >= 0.3 is 0 Å². The van der Waals surface area contributed by atoms with Gasteiger partial charge in [0.15, 0.2) is 0 Å². The fraction of sp³-hybridized carbons (Fsp3) is 0.417. The minimum Gasteiger partial charge on any atom is -0.497 e. The van der Waals surface area contributed by atoms with Gasteiger partial charge < -0.3 is 15.0 Å². The van der Waals surface area contributed by atoms with Crippen LogP contribution in [0, 0.1) is 0 Å². The molecule has 0 unspecified atom stereocenters. The van der Waals surface area contributed by atoms with E-state index in [1.807, 2.05) is 13.8 Å². The van der Waals surface area contributed by atoms with Crippen LogP contribution in [0.15, 0.2) is 42.5 Å². The van der Waals surface area contributed by atoms with Crippen molar-refractivity contribution >= 4 is 50.7 Å². The lowest BCUT2D eigenvalue weighted by Crippen LogP contribution is -2.52. The highest BCUT2D eigenvalue weighted by Crippen LogP contribution is 2.28.